The van der Waals surface area contributed by atoms with Gasteiger partial charge in [0, 0.05) is 12.6 Å². The summed E-state index contributed by atoms with van der Waals surface area (Å²) in [6, 6.07) is 15.6. The number of benzene rings is 2. The van der Waals surface area contributed by atoms with Gasteiger partial charge < -0.3 is 0 Å². The van der Waals surface area contributed by atoms with E-state index in [0.29, 0.717) is 5.84 Å². The van der Waals surface area contributed by atoms with Gasteiger partial charge in [0.05, 0.1) is 11.0 Å². The van der Waals surface area contributed by atoms with Crippen LogP contribution in [0.3, 0.4) is 0 Å². The lowest BCUT2D eigenvalue weighted by atomic mass is 10.0. The second kappa shape index (κ2) is 9.12. The zero-order valence-electron chi connectivity index (χ0n) is 16.1. The SMILES string of the molecule is CC(C)S(=O)(=O)Cc1ccc(CCc2ccc(C(=N)N(C)NN)cc2)cc1. The Hall–Kier alpha value is -2.22. The fourth-order valence-corrected chi connectivity index (χ4v) is 3.57. The van der Waals surface area contributed by atoms with Crippen LogP contribution >= 0.6 is 0 Å². The van der Waals surface area contributed by atoms with Crippen molar-refractivity contribution < 1.29 is 8.42 Å². The van der Waals surface area contributed by atoms with E-state index in [0.717, 1.165) is 24.0 Å². The molecule has 0 saturated carbocycles. The largest absolute Gasteiger partial charge is 0.283 e. The van der Waals surface area contributed by atoms with Crippen LogP contribution in [-0.4, -0.2) is 31.6 Å². The van der Waals surface area contributed by atoms with Gasteiger partial charge in [-0.1, -0.05) is 48.5 Å². The number of hydrazine groups is 2. The van der Waals surface area contributed by atoms with E-state index in [1.807, 2.05) is 48.5 Å². The maximum atomic E-state index is 12.0. The molecule has 2 aromatic rings. The maximum absolute atomic E-state index is 12.0. The smallest absolute Gasteiger partial charge is 0.156 e. The first-order valence-electron chi connectivity index (χ1n) is 8.90. The quantitative estimate of drug-likeness (QED) is 0.279. The third-order valence-corrected chi connectivity index (χ3v) is 6.74. The molecule has 0 aliphatic carbocycles. The van der Waals surface area contributed by atoms with Crippen LogP contribution in [0, 0.1) is 5.41 Å². The standard InChI is InChI=1S/C20H28N4O2S/c1-15(2)27(25,26)14-18-8-6-16(7-9-18)4-5-17-10-12-19(13-11-17)20(21)24(3)23-22/h6-13,15,21,23H,4-5,14,22H2,1-3H3. The molecule has 6 nitrogen and oxygen atoms in total. The minimum Gasteiger partial charge on any atom is -0.283 e. The third-order valence-electron chi connectivity index (χ3n) is 4.57. The summed E-state index contributed by atoms with van der Waals surface area (Å²) < 4.78 is 24.0. The number of amidine groups is 1. The molecular weight excluding hydrogens is 360 g/mol. The monoisotopic (exact) mass is 388 g/mol. The average Bonchev–Trinajstić information content (AvgIpc) is 2.66. The summed E-state index contributed by atoms with van der Waals surface area (Å²) in [5.41, 5.74) is 6.39. The molecule has 0 aromatic heterocycles. The zero-order chi connectivity index (χ0) is 20.0. The van der Waals surface area contributed by atoms with Crippen molar-refractivity contribution in [1.82, 2.24) is 10.5 Å². The van der Waals surface area contributed by atoms with Gasteiger partial charge >= 0.3 is 0 Å². The number of nitrogens with zero attached hydrogens (tertiary/aromatic N) is 1. The number of nitrogens with two attached hydrogens (primary N) is 1. The lowest BCUT2D eigenvalue weighted by Gasteiger charge is -2.17. The van der Waals surface area contributed by atoms with Crippen LogP contribution in [0.2, 0.25) is 0 Å². The Kier molecular flexibility index (Phi) is 7.12. The maximum Gasteiger partial charge on any atom is 0.156 e. The van der Waals surface area contributed by atoms with Gasteiger partial charge in [0.1, 0.15) is 5.84 Å². The van der Waals surface area contributed by atoms with E-state index < -0.39 is 9.84 Å². The van der Waals surface area contributed by atoms with Crippen molar-refractivity contribution in [2.45, 2.75) is 37.7 Å². The Morgan fingerprint density at radius 1 is 1.00 bits per heavy atom. The van der Waals surface area contributed by atoms with E-state index >= 15 is 0 Å². The summed E-state index contributed by atoms with van der Waals surface area (Å²) in [6.45, 7) is 3.42. The minimum absolute atomic E-state index is 0.0878. The first kappa shape index (κ1) is 21.1. The third kappa shape index (κ3) is 5.89. The predicted molar refractivity (Wildman–Crippen MR) is 110 cm³/mol. The number of rotatable bonds is 8. The number of hydrogen-bond donors (Lipinski definition) is 3. The highest BCUT2D eigenvalue weighted by Crippen LogP contribution is 2.14. The van der Waals surface area contributed by atoms with E-state index in [9.17, 15) is 8.42 Å². The van der Waals surface area contributed by atoms with Gasteiger partial charge in [-0.05, 0) is 43.4 Å². The van der Waals surface area contributed by atoms with E-state index in [-0.39, 0.29) is 11.0 Å². The summed E-state index contributed by atoms with van der Waals surface area (Å²) in [5.74, 6) is 5.70. The predicted octanol–water partition coefficient (Wildman–Crippen LogP) is 2.43. The van der Waals surface area contributed by atoms with Gasteiger partial charge in [-0.3, -0.25) is 16.3 Å². The molecule has 0 spiro atoms. The molecule has 0 saturated heterocycles. The molecule has 0 aliphatic heterocycles. The molecule has 0 unspecified atom stereocenters. The van der Waals surface area contributed by atoms with Crippen molar-refractivity contribution in [3.8, 4) is 0 Å². The molecule has 0 radical (unpaired) electrons. The van der Waals surface area contributed by atoms with E-state index in [1.54, 1.807) is 20.9 Å². The van der Waals surface area contributed by atoms with Crippen LogP contribution in [0.25, 0.3) is 0 Å². The fraction of sp³-hybridized carbons (Fsp3) is 0.350. The van der Waals surface area contributed by atoms with Crippen LogP contribution in [-0.2, 0) is 28.4 Å². The van der Waals surface area contributed by atoms with Crippen LogP contribution < -0.4 is 11.4 Å². The number of sulfone groups is 1. The molecule has 0 fully saturated rings. The van der Waals surface area contributed by atoms with E-state index in [2.05, 4.69) is 5.53 Å². The molecule has 7 heteroatoms. The lowest BCUT2D eigenvalue weighted by molar-refractivity contribution is 0.375. The molecule has 0 amide bonds. The number of hydrogen-bond acceptors (Lipinski definition) is 5. The second-order valence-electron chi connectivity index (χ2n) is 6.91. The molecule has 0 atom stereocenters. The van der Waals surface area contributed by atoms with Crippen molar-refractivity contribution in [2.75, 3.05) is 7.05 Å². The summed E-state index contributed by atoms with van der Waals surface area (Å²) >= 11 is 0. The first-order chi connectivity index (χ1) is 12.7. The fourth-order valence-electron chi connectivity index (χ4n) is 2.58. The van der Waals surface area contributed by atoms with Crippen molar-refractivity contribution in [3.63, 3.8) is 0 Å². The molecule has 4 N–H and O–H groups in total. The Morgan fingerprint density at radius 3 is 1.89 bits per heavy atom. The van der Waals surface area contributed by atoms with Gasteiger partial charge in [-0.25, -0.2) is 8.42 Å². The van der Waals surface area contributed by atoms with Gasteiger partial charge in [0.25, 0.3) is 0 Å². The van der Waals surface area contributed by atoms with Crippen LogP contribution in [0.15, 0.2) is 48.5 Å². The van der Waals surface area contributed by atoms with Gasteiger partial charge in [-0.15, -0.1) is 0 Å². The normalized spacial score (nSPS) is 11.6. The first-order valence-corrected chi connectivity index (χ1v) is 10.6. The van der Waals surface area contributed by atoms with Gasteiger partial charge in [-0.2, -0.15) is 5.53 Å². The minimum atomic E-state index is -3.07. The summed E-state index contributed by atoms with van der Waals surface area (Å²) in [5, 5.41) is 9.07. The highest BCUT2D eigenvalue weighted by atomic mass is 32.2. The summed E-state index contributed by atoms with van der Waals surface area (Å²) in [7, 11) is -1.38. The zero-order valence-corrected chi connectivity index (χ0v) is 16.9. The van der Waals surface area contributed by atoms with Crippen molar-refractivity contribution >= 4 is 15.7 Å². The average molecular weight is 389 g/mol. The topological polar surface area (TPSA) is 99.3 Å². The molecule has 0 heterocycles. The molecular formula is C20H28N4O2S. The molecule has 2 aromatic carbocycles. The molecule has 0 aliphatic rings. The van der Waals surface area contributed by atoms with Crippen LogP contribution in [0.4, 0.5) is 0 Å². The number of aryl methyl sites for hydroxylation is 2. The van der Waals surface area contributed by atoms with E-state index in [1.165, 1.54) is 16.1 Å². The van der Waals surface area contributed by atoms with Crippen LogP contribution in [0.5, 0.6) is 0 Å². The summed E-state index contributed by atoms with van der Waals surface area (Å²) in [6.07, 6.45) is 1.75. The highest BCUT2D eigenvalue weighted by Gasteiger charge is 2.16. The Bertz CT molecular complexity index is 860. The Morgan fingerprint density at radius 2 is 1.44 bits per heavy atom. The lowest BCUT2D eigenvalue weighted by Crippen LogP contribution is -2.43. The highest BCUT2D eigenvalue weighted by molar-refractivity contribution is 7.91. The van der Waals surface area contributed by atoms with Crippen LogP contribution in [0.1, 0.15) is 36.1 Å². The van der Waals surface area contributed by atoms with Crippen molar-refractivity contribution in [2.24, 2.45) is 5.84 Å². The second-order valence-corrected chi connectivity index (χ2v) is 9.46. The van der Waals surface area contributed by atoms with Gasteiger partial charge in [0.15, 0.2) is 9.84 Å². The van der Waals surface area contributed by atoms with E-state index in [4.69, 9.17) is 11.3 Å². The molecule has 0 bridgehead atoms. The Labute approximate surface area is 161 Å². The molecule has 146 valence electrons. The Balaban J connectivity index is 1.94. The molecule has 27 heavy (non-hydrogen) atoms. The molecule has 2 rings (SSSR count). The summed E-state index contributed by atoms with van der Waals surface area (Å²) in [4.78, 5) is 0. The van der Waals surface area contributed by atoms with Gasteiger partial charge in [0.2, 0.25) is 0 Å². The van der Waals surface area contributed by atoms with Crippen molar-refractivity contribution in [3.05, 3.63) is 70.8 Å². The van der Waals surface area contributed by atoms with Crippen molar-refractivity contribution in [1.29, 1.82) is 5.41 Å². The number of nitrogens with one attached hydrogen (secondary N) is 2.